The molecule has 0 aliphatic carbocycles. The second kappa shape index (κ2) is 5.85. The molecule has 0 atom stereocenters. The Hall–Kier alpha value is -1.91. The molecule has 0 fully saturated rings. The molecule has 1 heterocycles. The van der Waals surface area contributed by atoms with Gasteiger partial charge in [-0.3, -0.25) is 14.6 Å². The van der Waals surface area contributed by atoms with E-state index in [4.69, 9.17) is 0 Å². The van der Waals surface area contributed by atoms with Crippen molar-refractivity contribution in [2.24, 2.45) is 0 Å². The Bertz CT molecular complexity index is 363. The van der Waals surface area contributed by atoms with Gasteiger partial charge in [-0.2, -0.15) is 0 Å². The third-order valence-electron chi connectivity index (χ3n) is 1.76. The fourth-order valence-electron chi connectivity index (χ4n) is 1.12. The van der Waals surface area contributed by atoms with Gasteiger partial charge in [-0.05, 0) is 26.0 Å². The molecule has 0 radical (unpaired) electrons. The summed E-state index contributed by atoms with van der Waals surface area (Å²) in [7, 11) is 0. The van der Waals surface area contributed by atoms with Gasteiger partial charge in [0.15, 0.2) is 0 Å². The van der Waals surface area contributed by atoms with E-state index < -0.39 is 0 Å². The number of aromatic nitrogens is 1. The maximum absolute atomic E-state index is 11.5. The molecule has 0 spiro atoms. The highest BCUT2D eigenvalue weighted by atomic mass is 16.2. The van der Waals surface area contributed by atoms with Gasteiger partial charge in [0.05, 0.1) is 6.54 Å². The van der Waals surface area contributed by atoms with Gasteiger partial charge in [0, 0.05) is 12.2 Å². The van der Waals surface area contributed by atoms with Crippen molar-refractivity contribution in [3.8, 4) is 0 Å². The molecule has 2 amide bonds. The fraction of sp³-hybridized carbons (Fsp3) is 0.364. The summed E-state index contributed by atoms with van der Waals surface area (Å²) in [6.45, 7) is 3.69. The second-order valence-corrected chi connectivity index (χ2v) is 3.62. The van der Waals surface area contributed by atoms with Crippen molar-refractivity contribution in [1.29, 1.82) is 0 Å². The Labute approximate surface area is 94.3 Å². The summed E-state index contributed by atoms with van der Waals surface area (Å²) in [5.41, 5.74) is 0.305. The number of pyridine rings is 1. The van der Waals surface area contributed by atoms with E-state index in [1.165, 1.54) is 6.20 Å². The summed E-state index contributed by atoms with van der Waals surface area (Å²) >= 11 is 0. The molecular weight excluding hydrogens is 206 g/mol. The minimum absolute atomic E-state index is 0.0341. The molecular formula is C11H15N3O2. The van der Waals surface area contributed by atoms with Crippen LogP contribution in [0.25, 0.3) is 0 Å². The predicted molar refractivity (Wildman–Crippen MR) is 59.8 cm³/mol. The van der Waals surface area contributed by atoms with Crippen LogP contribution in [-0.2, 0) is 4.79 Å². The second-order valence-electron chi connectivity index (χ2n) is 3.62. The monoisotopic (exact) mass is 221 g/mol. The average molecular weight is 221 g/mol. The molecule has 5 heteroatoms. The van der Waals surface area contributed by atoms with E-state index in [0.29, 0.717) is 5.69 Å². The first kappa shape index (κ1) is 12.2. The van der Waals surface area contributed by atoms with E-state index in [1.54, 1.807) is 18.2 Å². The number of rotatable bonds is 4. The standard InChI is InChI=1S/C11H15N3O2/c1-8(2)14-10(15)7-13-11(16)9-5-3-4-6-12-9/h3-6,8H,7H2,1-2H3,(H,13,16)(H,14,15). The third-order valence-corrected chi connectivity index (χ3v) is 1.76. The van der Waals surface area contributed by atoms with Crippen LogP contribution in [0.3, 0.4) is 0 Å². The van der Waals surface area contributed by atoms with E-state index in [9.17, 15) is 9.59 Å². The molecule has 0 unspecified atom stereocenters. The quantitative estimate of drug-likeness (QED) is 0.770. The number of nitrogens with one attached hydrogen (secondary N) is 2. The zero-order valence-corrected chi connectivity index (χ0v) is 9.36. The van der Waals surface area contributed by atoms with Gasteiger partial charge >= 0.3 is 0 Å². The van der Waals surface area contributed by atoms with Gasteiger partial charge in [-0.25, -0.2) is 0 Å². The van der Waals surface area contributed by atoms with Crippen LogP contribution in [0, 0.1) is 0 Å². The topological polar surface area (TPSA) is 71.1 Å². The van der Waals surface area contributed by atoms with Crippen LogP contribution in [0.15, 0.2) is 24.4 Å². The SMILES string of the molecule is CC(C)NC(=O)CNC(=O)c1ccccn1. The number of carbonyl (C=O) groups is 2. The third kappa shape index (κ3) is 4.08. The van der Waals surface area contributed by atoms with Crippen LogP contribution < -0.4 is 10.6 Å². The number of carbonyl (C=O) groups excluding carboxylic acids is 2. The van der Waals surface area contributed by atoms with Crippen molar-refractivity contribution in [2.75, 3.05) is 6.54 Å². The van der Waals surface area contributed by atoms with Gasteiger partial charge in [-0.1, -0.05) is 6.07 Å². The molecule has 16 heavy (non-hydrogen) atoms. The lowest BCUT2D eigenvalue weighted by molar-refractivity contribution is -0.120. The lowest BCUT2D eigenvalue weighted by atomic mass is 10.3. The van der Waals surface area contributed by atoms with Crippen LogP contribution in [0.4, 0.5) is 0 Å². The highest BCUT2D eigenvalue weighted by molar-refractivity contribution is 5.94. The van der Waals surface area contributed by atoms with Gasteiger partial charge in [0.25, 0.3) is 5.91 Å². The molecule has 0 aliphatic heterocycles. The summed E-state index contributed by atoms with van der Waals surface area (Å²) in [4.78, 5) is 26.6. The summed E-state index contributed by atoms with van der Waals surface area (Å²) in [6, 6.07) is 5.10. The highest BCUT2D eigenvalue weighted by Gasteiger charge is 2.08. The van der Waals surface area contributed by atoms with Gasteiger partial charge in [0.1, 0.15) is 5.69 Å². The Kier molecular flexibility index (Phi) is 4.44. The van der Waals surface area contributed by atoms with Gasteiger partial charge in [-0.15, -0.1) is 0 Å². The predicted octanol–water partition coefficient (Wildman–Crippen LogP) is 0.336. The highest BCUT2D eigenvalue weighted by Crippen LogP contribution is 1.91. The first-order chi connectivity index (χ1) is 7.59. The number of amides is 2. The average Bonchev–Trinajstić information content (AvgIpc) is 2.26. The largest absolute Gasteiger partial charge is 0.352 e. The Morgan fingerprint density at radius 1 is 1.38 bits per heavy atom. The van der Waals surface area contributed by atoms with Crippen molar-refractivity contribution in [3.05, 3.63) is 30.1 Å². The van der Waals surface area contributed by atoms with Crippen LogP contribution >= 0.6 is 0 Å². The number of hydrogen-bond donors (Lipinski definition) is 2. The zero-order valence-electron chi connectivity index (χ0n) is 9.36. The van der Waals surface area contributed by atoms with Crippen LogP contribution in [0.1, 0.15) is 24.3 Å². The van der Waals surface area contributed by atoms with Crippen molar-refractivity contribution >= 4 is 11.8 Å². The molecule has 1 rings (SSSR count). The smallest absolute Gasteiger partial charge is 0.270 e. The lowest BCUT2D eigenvalue weighted by Crippen LogP contribution is -2.39. The molecule has 86 valence electrons. The molecule has 0 aromatic carbocycles. The molecule has 2 N–H and O–H groups in total. The van der Waals surface area contributed by atoms with Gasteiger partial charge < -0.3 is 10.6 Å². The minimum Gasteiger partial charge on any atom is -0.352 e. The summed E-state index contributed by atoms with van der Waals surface area (Å²) in [5.74, 6) is -0.557. The van der Waals surface area contributed by atoms with Crippen molar-refractivity contribution in [3.63, 3.8) is 0 Å². The van der Waals surface area contributed by atoms with Crippen molar-refractivity contribution in [2.45, 2.75) is 19.9 Å². The molecule has 5 nitrogen and oxygen atoms in total. The van der Waals surface area contributed by atoms with Gasteiger partial charge in [0.2, 0.25) is 5.91 Å². The number of nitrogens with zero attached hydrogens (tertiary/aromatic N) is 1. The summed E-state index contributed by atoms with van der Waals surface area (Å²) < 4.78 is 0. The van der Waals surface area contributed by atoms with Crippen LogP contribution in [0.2, 0.25) is 0 Å². The normalized spacial score (nSPS) is 9.94. The Balaban J connectivity index is 2.39. The molecule has 0 saturated carbocycles. The minimum atomic E-state index is -0.348. The van der Waals surface area contributed by atoms with E-state index >= 15 is 0 Å². The lowest BCUT2D eigenvalue weighted by Gasteiger charge is -2.08. The van der Waals surface area contributed by atoms with Crippen molar-refractivity contribution < 1.29 is 9.59 Å². The van der Waals surface area contributed by atoms with E-state index in [1.807, 2.05) is 13.8 Å². The Morgan fingerprint density at radius 2 is 2.12 bits per heavy atom. The summed E-state index contributed by atoms with van der Waals surface area (Å²) in [6.07, 6.45) is 1.53. The fourth-order valence-corrected chi connectivity index (χ4v) is 1.12. The van der Waals surface area contributed by atoms with Crippen LogP contribution in [-0.4, -0.2) is 29.4 Å². The zero-order chi connectivity index (χ0) is 12.0. The molecule has 1 aromatic rings. The maximum atomic E-state index is 11.5. The van der Waals surface area contributed by atoms with E-state index in [0.717, 1.165) is 0 Å². The summed E-state index contributed by atoms with van der Waals surface area (Å²) in [5, 5.41) is 5.17. The molecule has 0 aliphatic rings. The van der Waals surface area contributed by atoms with Crippen molar-refractivity contribution in [1.82, 2.24) is 15.6 Å². The Morgan fingerprint density at radius 3 is 2.69 bits per heavy atom. The molecule has 0 saturated heterocycles. The maximum Gasteiger partial charge on any atom is 0.270 e. The molecule has 1 aromatic heterocycles. The first-order valence-corrected chi connectivity index (χ1v) is 5.08. The molecule has 0 bridgehead atoms. The van der Waals surface area contributed by atoms with E-state index in [2.05, 4.69) is 15.6 Å². The van der Waals surface area contributed by atoms with E-state index in [-0.39, 0.29) is 24.4 Å². The first-order valence-electron chi connectivity index (χ1n) is 5.08. The number of hydrogen-bond acceptors (Lipinski definition) is 3. The van der Waals surface area contributed by atoms with Crippen LogP contribution in [0.5, 0.6) is 0 Å².